The maximum atomic E-state index is 15.0. The predicted molar refractivity (Wildman–Crippen MR) is 177 cm³/mol. The fourth-order valence-electron chi connectivity index (χ4n) is 7.61. The number of para-hydroxylation sites is 1. The summed E-state index contributed by atoms with van der Waals surface area (Å²) in [5.74, 6) is -2.12. The van der Waals surface area contributed by atoms with Gasteiger partial charge in [-0.05, 0) is 29.7 Å². The van der Waals surface area contributed by atoms with Gasteiger partial charge in [-0.15, -0.1) is 11.8 Å². The normalized spacial score (nSPS) is 28.1. The highest BCUT2D eigenvalue weighted by Gasteiger charge is 2.72. The van der Waals surface area contributed by atoms with Gasteiger partial charge in [0.15, 0.2) is 0 Å². The van der Waals surface area contributed by atoms with E-state index in [2.05, 4.69) is 0 Å². The Morgan fingerprint density at radius 2 is 1.64 bits per heavy atom. The number of carbonyl (C=O) groups excluding carboxylic acids is 3. The zero-order chi connectivity index (χ0) is 31.3. The van der Waals surface area contributed by atoms with Gasteiger partial charge in [-0.25, -0.2) is 0 Å². The molecule has 230 valence electrons. The Morgan fingerprint density at radius 3 is 2.36 bits per heavy atom. The Hall–Kier alpha value is -3.85. The number of nitrogens with zero attached hydrogens (tertiary/aromatic N) is 3. The Bertz CT molecular complexity index is 1680. The van der Waals surface area contributed by atoms with Crippen molar-refractivity contribution in [3.8, 4) is 0 Å². The number of aryl methyl sites for hydroxylation is 1. The first-order valence-corrected chi connectivity index (χ1v) is 16.5. The zero-order valence-corrected chi connectivity index (χ0v) is 26.4. The van der Waals surface area contributed by atoms with Crippen LogP contribution in [-0.2, 0) is 20.9 Å². The smallest absolute Gasteiger partial charge is 0.251 e. The predicted octanol–water partition coefficient (Wildman–Crippen LogP) is 5.18. The molecule has 7 nitrogen and oxygen atoms in total. The third-order valence-corrected chi connectivity index (χ3v) is 11.6. The van der Waals surface area contributed by atoms with Crippen LogP contribution in [0.25, 0.3) is 0 Å². The van der Waals surface area contributed by atoms with E-state index in [1.807, 2.05) is 109 Å². The van der Waals surface area contributed by atoms with Crippen molar-refractivity contribution in [3.05, 3.63) is 125 Å². The first kappa shape index (κ1) is 29.8. The highest BCUT2D eigenvalue weighted by molar-refractivity contribution is 8.02. The van der Waals surface area contributed by atoms with E-state index in [4.69, 9.17) is 11.6 Å². The molecule has 3 amide bonds. The largest absolute Gasteiger partial charge is 0.394 e. The van der Waals surface area contributed by atoms with Gasteiger partial charge in [-0.3, -0.25) is 14.4 Å². The number of halogens is 1. The molecular weight excluding hydrogens is 606 g/mol. The van der Waals surface area contributed by atoms with Crippen molar-refractivity contribution in [2.24, 2.45) is 11.8 Å². The molecule has 2 saturated heterocycles. The van der Waals surface area contributed by atoms with E-state index in [1.165, 1.54) is 11.8 Å². The topological polar surface area (TPSA) is 81.2 Å². The molecule has 1 N–H and O–H groups in total. The van der Waals surface area contributed by atoms with E-state index < -0.39 is 28.7 Å². The highest BCUT2D eigenvalue weighted by atomic mass is 35.5. The van der Waals surface area contributed by atoms with Crippen LogP contribution in [0, 0.1) is 18.8 Å². The van der Waals surface area contributed by atoms with E-state index >= 15 is 0 Å². The van der Waals surface area contributed by atoms with Gasteiger partial charge in [-0.1, -0.05) is 109 Å². The Balaban J connectivity index is 1.36. The molecule has 9 heteroatoms. The third kappa shape index (κ3) is 4.82. The van der Waals surface area contributed by atoms with Gasteiger partial charge in [0.25, 0.3) is 5.91 Å². The fraction of sp³-hybridized carbons (Fsp3) is 0.306. The van der Waals surface area contributed by atoms with Gasteiger partial charge in [0.2, 0.25) is 11.8 Å². The second kappa shape index (κ2) is 11.8. The molecular formula is C36H34ClN3O4S. The Labute approximate surface area is 272 Å². The summed E-state index contributed by atoms with van der Waals surface area (Å²) >= 11 is 8.23. The minimum atomic E-state index is -1.02. The highest BCUT2D eigenvalue weighted by Crippen LogP contribution is 2.62. The zero-order valence-electron chi connectivity index (χ0n) is 24.8. The van der Waals surface area contributed by atoms with E-state index in [0.29, 0.717) is 23.8 Å². The summed E-state index contributed by atoms with van der Waals surface area (Å²) in [6, 6.07) is 22.9. The van der Waals surface area contributed by atoms with Crippen molar-refractivity contribution in [3.63, 3.8) is 0 Å². The number of benzene rings is 3. The van der Waals surface area contributed by atoms with Crippen LogP contribution in [0.4, 0.5) is 5.69 Å². The average molecular weight is 640 g/mol. The van der Waals surface area contributed by atoms with Gasteiger partial charge in [0.1, 0.15) is 6.04 Å². The molecule has 4 heterocycles. The monoisotopic (exact) mass is 639 g/mol. The van der Waals surface area contributed by atoms with Crippen LogP contribution in [-0.4, -0.2) is 68.4 Å². The molecule has 0 saturated carbocycles. The Morgan fingerprint density at radius 1 is 0.911 bits per heavy atom. The summed E-state index contributed by atoms with van der Waals surface area (Å²) in [6.45, 7) is 2.68. The number of amides is 3. The van der Waals surface area contributed by atoms with Gasteiger partial charge in [-0.2, -0.15) is 0 Å². The molecule has 1 unspecified atom stereocenters. The Kier molecular flexibility index (Phi) is 7.84. The number of thioether (sulfide) groups is 1. The summed E-state index contributed by atoms with van der Waals surface area (Å²) in [5.41, 5.74) is 3.18. The second-order valence-electron chi connectivity index (χ2n) is 12.1. The number of aliphatic hydroxyl groups is 1. The van der Waals surface area contributed by atoms with Crippen LogP contribution < -0.4 is 4.90 Å². The number of fused-ring (bicyclic) bond motifs is 2. The molecule has 0 aliphatic carbocycles. The number of likely N-dealkylation sites (tertiary alicyclic amines) is 1. The molecule has 3 aromatic carbocycles. The first-order valence-electron chi connectivity index (χ1n) is 15.2. The van der Waals surface area contributed by atoms with E-state index in [9.17, 15) is 19.5 Å². The van der Waals surface area contributed by atoms with E-state index in [-0.39, 0.29) is 36.1 Å². The van der Waals surface area contributed by atoms with Crippen molar-refractivity contribution in [1.82, 2.24) is 9.80 Å². The molecule has 7 rings (SSSR count). The van der Waals surface area contributed by atoms with Crippen LogP contribution in [0.5, 0.6) is 0 Å². The fourth-order valence-corrected chi connectivity index (χ4v) is 9.92. The summed E-state index contributed by atoms with van der Waals surface area (Å²) < 4.78 is -1.02. The quantitative estimate of drug-likeness (QED) is 0.376. The summed E-state index contributed by atoms with van der Waals surface area (Å²) in [4.78, 5) is 49.4. The number of hydrogen-bond donors (Lipinski definition) is 1. The lowest BCUT2D eigenvalue weighted by atomic mass is 9.78. The van der Waals surface area contributed by atoms with Crippen LogP contribution in [0.3, 0.4) is 0 Å². The van der Waals surface area contributed by atoms with Crippen LogP contribution >= 0.6 is 23.4 Å². The van der Waals surface area contributed by atoms with Crippen molar-refractivity contribution in [2.45, 2.75) is 35.5 Å². The van der Waals surface area contributed by atoms with Gasteiger partial charge in [0.05, 0.1) is 39.9 Å². The average Bonchev–Trinajstić information content (AvgIpc) is 3.37. The van der Waals surface area contributed by atoms with Crippen LogP contribution in [0.15, 0.2) is 103 Å². The van der Waals surface area contributed by atoms with Crippen LogP contribution in [0.1, 0.15) is 22.7 Å². The lowest BCUT2D eigenvalue weighted by molar-refractivity contribution is -0.145. The number of hydrogen-bond acceptors (Lipinski definition) is 5. The summed E-state index contributed by atoms with van der Waals surface area (Å²) in [6.07, 6.45) is 7.98. The minimum absolute atomic E-state index is 0.0960. The summed E-state index contributed by atoms with van der Waals surface area (Å²) in [7, 11) is 0. The van der Waals surface area contributed by atoms with Crippen molar-refractivity contribution in [1.29, 1.82) is 0 Å². The molecule has 0 aromatic heterocycles. The van der Waals surface area contributed by atoms with E-state index in [1.54, 1.807) is 15.9 Å². The molecule has 4 aliphatic heterocycles. The molecule has 1 spiro atoms. The number of carbonyl (C=O) groups is 3. The first-order chi connectivity index (χ1) is 21.9. The molecule has 4 aliphatic rings. The lowest BCUT2D eigenvalue weighted by Crippen LogP contribution is -2.54. The lowest BCUT2D eigenvalue weighted by Gasteiger charge is -2.39. The number of rotatable bonds is 6. The number of aliphatic hydroxyl groups excluding tert-OH is 1. The molecule has 0 radical (unpaired) electrons. The summed E-state index contributed by atoms with van der Waals surface area (Å²) in [5, 5.41) is 11.0. The SMILES string of the molecule is Cc1cccc(Cl)c1N1CC=C[C@]23S[C@H]4C=CCN(Cc5ccccc5)C(=O)[C@H]4[C@H]2C(=O)N([C@H](CO)c2ccccc2)C3C1=O. The van der Waals surface area contributed by atoms with Gasteiger partial charge >= 0.3 is 0 Å². The second-order valence-corrected chi connectivity index (χ2v) is 14.0. The van der Waals surface area contributed by atoms with Crippen molar-refractivity contribution in [2.75, 3.05) is 24.6 Å². The molecule has 2 fully saturated rings. The van der Waals surface area contributed by atoms with Crippen molar-refractivity contribution >= 4 is 46.8 Å². The maximum Gasteiger partial charge on any atom is 0.251 e. The molecule has 0 bridgehead atoms. The molecule has 45 heavy (non-hydrogen) atoms. The third-order valence-electron chi connectivity index (χ3n) is 9.55. The minimum Gasteiger partial charge on any atom is -0.394 e. The molecule has 3 aromatic rings. The molecule has 6 atom stereocenters. The number of anilines is 1. The van der Waals surface area contributed by atoms with E-state index in [0.717, 1.165) is 16.7 Å². The standard InChI is InChI=1S/C36H34ClN3O4S/c1-23-11-8-16-26(37)31(23)39-20-10-18-36-30(34(43)40(32(36)35(39)44)27(22-41)25-14-6-3-7-15-25)29-28(45-36)17-9-19-38(33(29)42)21-24-12-4-2-5-13-24/h2-18,27-30,32,41H,19-22H2,1H3/t27-,28+,29-,30+,32?,36+/m1/s1. The van der Waals surface area contributed by atoms with Crippen LogP contribution in [0.2, 0.25) is 5.02 Å². The van der Waals surface area contributed by atoms with Crippen molar-refractivity contribution < 1.29 is 19.5 Å². The van der Waals surface area contributed by atoms with Gasteiger partial charge < -0.3 is 19.8 Å². The maximum absolute atomic E-state index is 15.0. The van der Waals surface area contributed by atoms with Gasteiger partial charge in [0, 0.05) is 24.9 Å².